The van der Waals surface area contributed by atoms with Crippen LogP contribution >= 0.6 is 0 Å². The van der Waals surface area contributed by atoms with Gasteiger partial charge in [-0.3, -0.25) is 0 Å². The van der Waals surface area contributed by atoms with Gasteiger partial charge >= 0.3 is 6.03 Å². The fourth-order valence-corrected chi connectivity index (χ4v) is 2.47. The van der Waals surface area contributed by atoms with Gasteiger partial charge in [-0.2, -0.15) is 0 Å². The summed E-state index contributed by atoms with van der Waals surface area (Å²) in [6, 6.07) is 5.20. The zero-order valence-electron chi connectivity index (χ0n) is 13.0. The molecule has 1 aliphatic heterocycles. The van der Waals surface area contributed by atoms with Crippen molar-refractivity contribution in [2.24, 2.45) is 0 Å². The third-order valence-corrected chi connectivity index (χ3v) is 3.98. The standard InChI is InChI=1S/C16H23FN2O3/c1-15(8-3-9-22-15)10-18-14(20)19-11-16(2,21)12-4-6-13(17)7-5-12/h4-7,21H,3,8-11H2,1-2H3,(H2,18,19,20)/t15-,16-/m0/s1. The van der Waals surface area contributed by atoms with Crippen molar-refractivity contribution in [3.8, 4) is 0 Å². The van der Waals surface area contributed by atoms with Crippen LogP contribution < -0.4 is 10.6 Å². The van der Waals surface area contributed by atoms with E-state index in [9.17, 15) is 14.3 Å². The van der Waals surface area contributed by atoms with Gasteiger partial charge in [-0.15, -0.1) is 0 Å². The van der Waals surface area contributed by atoms with E-state index < -0.39 is 5.60 Å². The van der Waals surface area contributed by atoms with Gasteiger partial charge < -0.3 is 20.5 Å². The van der Waals surface area contributed by atoms with Crippen LogP contribution in [0.25, 0.3) is 0 Å². The number of aliphatic hydroxyl groups is 1. The van der Waals surface area contributed by atoms with Crippen LogP contribution in [-0.2, 0) is 10.3 Å². The number of rotatable bonds is 5. The van der Waals surface area contributed by atoms with Crippen molar-refractivity contribution in [1.29, 1.82) is 0 Å². The van der Waals surface area contributed by atoms with E-state index in [4.69, 9.17) is 4.74 Å². The molecule has 5 nitrogen and oxygen atoms in total. The molecule has 2 atom stereocenters. The number of hydrogen-bond donors (Lipinski definition) is 3. The second-order valence-electron chi connectivity index (χ2n) is 6.22. The molecule has 1 aromatic carbocycles. The van der Waals surface area contributed by atoms with E-state index in [1.54, 1.807) is 6.92 Å². The van der Waals surface area contributed by atoms with Crippen LogP contribution in [-0.4, -0.2) is 36.4 Å². The van der Waals surface area contributed by atoms with E-state index in [1.807, 2.05) is 6.92 Å². The second kappa shape index (κ2) is 6.62. The van der Waals surface area contributed by atoms with Crippen molar-refractivity contribution in [1.82, 2.24) is 10.6 Å². The molecule has 22 heavy (non-hydrogen) atoms. The molecular weight excluding hydrogens is 287 g/mol. The number of urea groups is 1. The number of ether oxygens (including phenoxy) is 1. The molecule has 3 N–H and O–H groups in total. The topological polar surface area (TPSA) is 70.6 Å². The Labute approximate surface area is 129 Å². The number of benzene rings is 1. The van der Waals surface area contributed by atoms with E-state index in [0.717, 1.165) is 19.4 Å². The van der Waals surface area contributed by atoms with Crippen molar-refractivity contribution >= 4 is 6.03 Å². The zero-order chi connectivity index (χ0) is 16.2. The minimum Gasteiger partial charge on any atom is -0.384 e. The van der Waals surface area contributed by atoms with Gasteiger partial charge in [-0.1, -0.05) is 12.1 Å². The Kier molecular flexibility index (Phi) is 5.03. The molecule has 0 radical (unpaired) electrons. The quantitative estimate of drug-likeness (QED) is 0.778. The van der Waals surface area contributed by atoms with E-state index >= 15 is 0 Å². The summed E-state index contributed by atoms with van der Waals surface area (Å²) in [4.78, 5) is 11.8. The van der Waals surface area contributed by atoms with Crippen molar-refractivity contribution < 1.29 is 19.0 Å². The Morgan fingerprint density at radius 3 is 2.68 bits per heavy atom. The summed E-state index contributed by atoms with van der Waals surface area (Å²) >= 11 is 0. The Morgan fingerprint density at radius 2 is 2.09 bits per heavy atom. The first-order chi connectivity index (χ1) is 10.3. The Balaban J connectivity index is 1.80. The maximum Gasteiger partial charge on any atom is 0.315 e. The lowest BCUT2D eigenvalue weighted by molar-refractivity contribution is 0.0224. The van der Waals surface area contributed by atoms with Crippen LogP contribution in [0.4, 0.5) is 9.18 Å². The first kappa shape index (κ1) is 16.7. The van der Waals surface area contributed by atoms with Gasteiger partial charge in [-0.05, 0) is 44.4 Å². The largest absolute Gasteiger partial charge is 0.384 e. The molecule has 0 spiro atoms. The average molecular weight is 310 g/mol. The monoisotopic (exact) mass is 310 g/mol. The molecule has 0 unspecified atom stereocenters. The lowest BCUT2D eigenvalue weighted by Crippen LogP contribution is -2.47. The van der Waals surface area contributed by atoms with E-state index in [2.05, 4.69) is 10.6 Å². The minimum atomic E-state index is -1.27. The molecule has 0 bridgehead atoms. The highest BCUT2D eigenvalue weighted by molar-refractivity contribution is 5.74. The summed E-state index contributed by atoms with van der Waals surface area (Å²) in [5.41, 5.74) is -1.03. The first-order valence-electron chi connectivity index (χ1n) is 7.45. The molecule has 2 amide bonds. The molecule has 0 aromatic heterocycles. The van der Waals surface area contributed by atoms with Gasteiger partial charge in [-0.25, -0.2) is 9.18 Å². The minimum absolute atomic E-state index is 0.0298. The van der Waals surface area contributed by atoms with Crippen LogP contribution in [0.5, 0.6) is 0 Å². The molecule has 122 valence electrons. The number of carbonyl (C=O) groups excluding carboxylic acids is 1. The highest BCUT2D eigenvalue weighted by Crippen LogP contribution is 2.24. The first-order valence-corrected chi connectivity index (χ1v) is 7.45. The SMILES string of the molecule is C[C@@]1(CNC(=O)NC[C@](C)(O)c2ccc(F)cc2)CCCO1. The average Bonchev–Trinajstić information content (AvgIpc) is 2.91. The fraction of sp³-hybridized carbons (Fsp3) is 0.562. The fourth-order valence-electron chi connectivity index (χ4n) is 2.47. The summed E-state index contributed by atoms with van der Waals surface area (Å²) in [7, 11) is 0. The normalized spacial score (nSPS) is 23.8. The van der Waals surface area contributed by atoms with E-state index in [0.29, 0.717) is 12.1 Å². The molecule has 1 fully saturated rings. The van der Waals surface area contributed by atoms with Crippen molar-refractivity contribution in [3.05, 3.63) is 35.6 Å². The number of hydrogen-bond acceptors (Lipinski definition) is 3. The number of nitrogens with one attached hydrogen (secondary N) is 2. The van der Waals surface area contributed by atoms with Crippen LogP contribution in [0, 0.1) is 5.82 Å². The summed E-state index contributed by atoms with van der Waals surface area (Å²) in [5, 5.41) is 15.7. The van der Waals surface area contributed by atoms with Gasteiger partial charge in [0.15, 0.2) is 0 Å². The molecule has 1 aromatic rings. The van der Waals surface area contributed by atoms with Crippen LogP contribution in [0.2, 0.25) is 0 Å². The van der Waals surface area contributed by atoms with Gasteiger partial charge in [0.25, 0.3) is 0 Å². The van der Waals surface area contributed by atoms with Crippen molar-refractivity contribution in [3.63, 3.8) is 0 Å². The van der Waals surface area contributed by atoms with Gasteiger partial charge in [0.1, 0.15) is 11.4 Å². The molecule has 0 aliphatic carbocycles. The van der Waals surface area contributed by atoms with Gasteiger partial charge in [0.2, 0.25) is 0 Å². The van der Waals surface area contributed by atoms with Crippen LogP contribution in [0.15, 0.2) is 24.3 Å². The summed E-state index contributed by atoms with van der Waals surface area (Å²) in [6.07, 6.45) is 1.92. The molecular formula is C16H23FN2O3. The number of halogens is 1. The molecule has 0 saturated carbocycles. The highest BCUT2D eigenvalue weighted by Gasteiger charge is 2.30. The maximum atomic E-state index is 12.9. The second-order valence-corrected chi connectivity index (χ2v) is 6.22. The highest BCUT2D eigenvalue weighted by atomic mass is 19.1. The van der Waals surface area contributed by atoms with Crippen LogP contribution in [0.3, 0.4) is 0 Å². The van der Waals surface area contributed by atoms with E-state index in [1.165, 1.54) is 24.3 Å². The maximum absolute atomic E-state index is 12.9. The Bertz CT molecular complexity index is 511. The smallest absolute Gasteiger partial charge is 0.315 e. The Morgan fingerprint density at radius 1 is 1.41 bits per heavy atom. The van der Waals surface area contributed by atoms with Crippen molar-refractivity contribution in [2.75, 3.05) is 19.7 Å². The van der Waals surface area contributed by atoms with Gasteiger partial charge in [0.05, 0.1) is 12.1 Å². The number of carbonyl (C=O) groups is 1. The molecule has 1 heterocycles. The third-order valence-electron chi connectivity index (χ3n) is 3.98. The van der Waals surface area contributed by atoms with Crippen molar-refractivity contribution in [2.45, 2.75) is 37.9 Å². The molecule has 6 heteroatoms. The lowest BCUT2D eigenvalue weighted by atomic mass is 9.96. The summed E-state index contributed by atoms with van der Waals surface area (Å²) in [6.45, 7) is 4.72. The predicted molar refractivity (Wildman–Crippen MR) is 81.0 cm³/mol. The number of amides is 2. The predicted octanol–water partition coefficient (Wildman–Crippen LogP) is 1.90. The van der Waals surface area contributed by atoms with E-state index in [-0.39, 0.29) is 24.0 Å². The molecule has 2 rings (SSSR count). The third kappa shape index (κ3) is 4.42. The molecule has 1 aliphatic rings. The zero-order valence-corrected chi connectivity index (χ0v) is 13.0. The summed E-state index contributed by atoms with van der Waals surface area (Å²) < 4.78 is 18.5. The lowest BCUT2D eigenvalue weighted by Gasteiger charge is -2.26. The Hall–Kier alpha value is -1.66. The van der Waals surface area contributed by atoms with Gasteiger partial charge in [0, 0.05) is 13.2 Å². The molecule has 1 saturated heterocycles. The van der Waals surface area contributed by atoms with Crippen LogP contribution in [0.1, 0.15) is 32.3 Å². The summed E-state index contributed by atoms with van der Waals surface area (Å²) in [5.74, 6) is -0.366.